The fourth-order valence-corrected chi connectivity index (χ4v) is 2.10. The second-order valence-corrected chi connectivity index (χ2v) is 5.16. The van der Waals surface area contributed by atoms with Crippen LogP contribution in [0.5, 0.6) is 5.75 Å². The molecular weight excluding hydrogens is 276 g/mol. The molecule has 0 saturated heterocycles. The lowest BCUT2D eigenvalue weighted by Gasteiger charge is -2.10. The highest BCUT2D eigenvalue weighted by Gasteiger charge is 2.06. The zero-order valence-corrected chi connectivity index (χ0v) is 13.1. The van der Waals surface area contributed by atoms with Gasteiger partial charge in [0, 0.05) is 0 Å². The molecule has 2 aromatic carbocycles. The molecule has 1 N–H and O–H groups in total. The smallest absolute Gasteiger partial charge is 0.277 e. The number of para-hydroxylation sites is 1. The summed E-state index contributed by atoms with van der Waals surface area (Å²) in [5, 5.41) is 3.95. The van der Waals surface area contributed by atoms with Crippen LogP contribution in [-0.4, -0.2) is 18.7 Å². The minimum Gasteiger partial charge on any atom is -0.483 e. The number of rotatable bonds is 5. The minimum atomic E-state index is -0.285. The lowest BCUT2D eigenvalue weighted by Crippen LogP contribution is -2.25. The Morgan fingerprint density at radius 2 is 1.68 bits per heavy atom. The van der Waals surface area contributed by atoms with E-state index in [2.05, 4.69) is 10.5 Å². The van der Waals surface area contributed by atoms with Crippen molar-refractivity contribution < 1.29 is 9.53 Å². The molecule has 0 fully saturated rings. The topological polar surface area (TPSA) is 50.7 Å². The van der Waals surface area contributed by atoms with Crippen molar-refractivity contribution in [2.24, 2.45) is 5.10 Å². The summed E-state index contributed by atoms with van der Waals surface area (Å²) in [7, 11) is 0. The van der Waals surface area contributed by atoms with Gasteiger partial charge in [-0.05, 0) is 43.0 Å². The molecule has 1 amide bonds. The fraction of sp³-hybridized carbons (Fsp3) is 0.222. The van der Waals surface area contributed by atoms with E-state index in [-0.39, 0.29) is 12.5 Å². The molecule has 0 heterocycles. The average Bonchev–Trinajstić information content (AvgIpc) is 2.49. The summed E-state index contributed by atoms with van der Waals surface area (Å²) in [4.78, 5) is 11.8. The third-order valence-corrected chi connectivity index (χ3v) is 3.34. The maximum atomic E-state index is 11.8. The van der Waals surface area contributed by atoms with E-state index in [1.54, 1.807) is 6.21 Å². The molecule has 0 aliphatic carbocycles. The van der Waals surface area contributed by atoms with Gasteiger partial charge < -0.3 is 4.74 Å². The van der Waals surface area contributed by atoms with E-state index in [9.17, 15) is 4.79 Å². The van der Waals surface area contributed by atoms with E-state index in [1.807, 2.05) is 63.2 Å². The predicted octanol–water partition coefficient (Wildman–Crippen LogP) is 3.14. The van der Waals surface area contributed by atoms with E-state index >= 15 is 0 Å². The summed E-state index contributed by atoms with van der Waals surface area (Å²) >= 11 is 0. The molecule has 2 aromatic rings. The van der Waals surface area contributed by atoms with Crippen molar-refractivity contribution in [3.8, 4) is 5.75 Å². The number of ether oxygens (including phenoxy) is 1. The summed E-state index contributed by atoms with van der Waals surface area (Å²) in [6.07, 6.45) is 1.63. The van der Waals surface area contributed by atoms with Crippen LogP contribution < -0.4 is 10.2 Å². The summed E-state index contributed by atoms with van der Waals surface area (Å²) in [5.74, 6) is 0.466. The first-order chi connectivity index (χ1) is 10.6. The normalized spacial score (nSPS) is 10.7. The molecule has 0 spiro atoms. The highest BCUT2D eigenvalue weighted by Crippen LogP contribution is 2.21. The Morgan fingerprint density at radius 1 is 1.05 bits per heavy atom. The van der Waals surface area contributed by atoms with Crippen molar-refractivity contribution in [1.29, 1.82) is 0 Å². The first-order valence-electron chi connectivity index (χ1n) is 7.14. The molecule has 4 nitrogen and oxygen atoms in total. The van der Waals surface area contributed by atoms with Crippen LogP contribution in [0.4, 0.5) is 0 Å². The second kappa shape index (κ2) is 7.41. The molecule has 2 rings (SSSR count). The number of hydrogen-bond donors (Lipinski definition) is 1. The zero-order chi connectivity index (χ0) is 15.9. The first kappa shape index (κ1) is 15.8. The zero-order valence-electron chi connectivity index (χ0n) is 13.1. The number of carbonyl (C=O) groups excluding carboxylic acids is 1. The van der Waals surface area contributed by atoms with Gasteiger partial charge in [-0.2, -0.15) is 5.10 Å². The molecule has 0 aliphatic rings. The Hall–Kier alpha value is -2.62. The average molecular weight is 296 g/mol. The van der Waals surface area contributed by atoms with E-state index in [1.165, 1.54) is 0 Å². The van der Waals surface area contributed by atoms with Gasteiger partial charge in [0.1, 0.15) is 5.75 Å². The van der Waals surface area contributed by atoms with Gasteiger partial charge in [-0.25, -0.2) is 5.43 Å². The Kier molecular flexibility index (Phi) is 5.31. The van der Waals surface area contributed by atoms with Crippen LogP contribution in [0.3, 0.4) is 0 Å². The number of carbonyl (C=O) groups is 1. The van der Waals surface area contributed by atoms with Crippen LogP contribution in [-0.2, 0) is 4.79 Å². The number of aryl methyl sites for hydroxylation is 3. The molecule has 0 unspecified atom stereocenters. The third kappa shape index (κ3) is 4.19. The number of benzene rings is 2. The van der Waals surface area contributed by atoms with Gasteiger partial charge in [-0.3, -0.25) is 4.79 Å². The predicted molar refractivity (Wildman–Crippen MR) is 88.3 cm³/mol. The maximum absolute atomic E-state index is 11.8. The number of hydrogen-bond acceptors (Lipinski definition) is 3. The van der Waals surface area contributed by atoms with Crippen molar-refractivity contribution in [1.82, 2.24) is 5.43 Å². The van der Waals surface area contributed by atoms with Gasteiger partial charge >= 0.3 is 0 Å². The molecule has 0 saturated carbocycles. The Labute approximate surface area is 130 Å². The van der Waals surface area contributed by atoms with Gasteiger partial charge in [0.2, 0.25) is 0 Å². The minimum absolute atomic E-state index is 0.0587. The summed E-state index contributed by atoms with van der Waals surface area (Å²) < 4.78 is 5.57. The van der Waals surface area contributed by atoms with Gasteiger partial charge in [-0.1, -0.05) is 42.5 Å². The number of nitrogens with zero attached hydrogens (tertiary/aromatic N) is 1. The second-order valence-electron chi connectivity index (χ2n) is 5.16. The highest BCUT2D eigenvalue weighted by atomic mass is 16.5. The molecule has 22 heavy (non-hydrogen) atoms. The lowest BCUT2D eigenvalue weighted by molar-refractivity contribution is -0.123. The van der Waals surface area contributed by atoms with Crippen LogP contribution in [0.15, 0.2) is 47.6 Å². The van der Waals surface area contributed by atoms with Crippen LogP contribution >= 0.6 is 0 Å². The molecule has 0 radical (unpaired) electrons. The molecular formula is C18H20N2O2. The van der Waals surface area contributed by atoms with Crippen molar-refractivity contribution in [2.75, 3.05) is 6.61 Å². The van der Waals surface area contributed by atoms with Crippen molar-refractivity contribution in [2.45, 2.75) is 20.8 Å². The number of hydrazone groups is 1. The van der Waals surface area contributed by atoms with E-state index in [0.717, 1.165) is 28.0 Å². The maximum Gasteiger partial charge on any atom is 0.277 e. The van der Waals surface area contributed by atoms with Gasteiger partial charge in [0.05, 0.1) is 6.21 Å². The molecule has 0 bridgehead atoms. The number of amides is 1. The first-order valence-corrected chi connectivity index (χ1v) is 7.14. The largest absolute Gasteiger partial charge is 0.483 e. The van der Waals surface area contributed by atoms with E-state index in [4.69, 9.17) is 4.74 Å². The van der Waals surface area contributed by atoms with Gasteiger partial charge in [-0.15, -0.1) is 0 Å². The molecule has 0 atom stereocenters. The van der Waals surface area contributed by atoms with E-state index < -0.39 is 0 Å². The Morgan fingerprint density at radius 3 is 2.36 bits per heavy atom. The Bertz CT molecular complexity index is 673. The van der Waals surface area contributed by atoms with Gasteiger partial charge in [0.25, 0.3) is 5.91 Å². The Balaban J connectivity index is 1.88. The van der Waals surface area contributed by atoms with Crippen LogP contribution in [0.1, 0.15) is 22.3 Å². The van der Waals surface area contributed by atoms with E-state index in [0.29, 0.717) is 0 Å². The quantitative estimate of drug-likeness (QED) is 0.680. The summed E-state index contributed by atoms with van der Waals surface area (Å²) in [6, 6.07) is 13.7. The molecule has 114 valence electrons. The summed E-state index contributed by atoms with van der Waals surface area (Å²) in [6.45, 7) is 5.84. The highest BCUT2D eigenvalue weighted by molar-refractivity contribution is 5.84. The molecule has 4 heteroatoms. The van der Waals surface area contributed by atoms with Crippen molar-refractivity contribution in [3.63, 3.8) is 0 Å². The standard InChI is InChI=1S/C18H20N2O2/c1-13-7-4-5-10-16(13)11-19-20-17(21)12-22-18-14(2)8-6-9-15(18)3/h4-11H,12H2,1-3H3,(H,20,21). The monoisotopic (exact) mass is 296 g/mol. The molecule has 0 aromatic heterocycles. The number of nitrogens with one attached hydrogen (secondary N) is 1. The SMILES string of the molecule is Cc1ccccc1C=NNC(=O)COc1c(C)cccc1C. The third-order valence-electron chi connectivity index (χ3n) is 3.34. The fourth-order valence-electron chi connectivity index (χ4n) is 2.10. The van der Waals surface area contributed by atoms with Crippen LogP contribution in [0.25, 0.3) is 0 Å². The van der Waals surface area contributed by atoms with Crippen molar-refractivity contribution in [3.05, 3.63) is 64.7 Å². The summed E-state index contributed by atoms with van der Waals surface area (Å²) in [5.41, 5.74) is 6.57. The molecule has 0 aliphatic heterocycles. The van der Waals surface area contributed by atoms with Gasteiger partial charge in [0.15, 0.2) is 6.61 Å². The van der Waals surface area contributed by atoms with Crippen molar-refractivity contribution >= 4 is 12.1 Å². The van der Waals surface area contributed by atoms with Crippen LogP contribution in [0.2, 0.25) is 0 Å². The van der Waals surface area contributed by atoms with Crippen LogP contribution in [0, 0.1) is 20.8 Å². The lowest BCUT2D eigenvalue weighted by atomic mass is 10.1.